The van der Waals surface area contributed by atoms with Gasteiger partial charge in [-0.2, -0.15) is 4.39 Å². The molecular formula is C20H17ClFN3O3S. The van der Waals surface area contributed by atoms with E-state index in [2.05, 4.69) is 10.3 Å². The third-order valence-electron chi connectivity index (χ3n) is 4.08. The van der Waals surface area contributed by atoms with Crippen LogP contribution < -0.4 is 9.62 Å². The van der Waals surface area contributed by atoms with Crippen LogP contribution in [0.4, 0.5) is 15.8 Å². The zero-order valence-corrected chi connectivity index (χ0v) is 16.9. The van der Waals surface area contributed by atoms with Gasteiger partial charge in [0.25, 0.3) is 15.9 Å². The number of halogens is 2. The molecule has 0 saturated carbocycles. The summed E-state index contributed by atoms with van der Waals surface area (Å²) in [7, 11) is -3.98. The largest absolute Gasteiger partial charge is 0.322 e. The Hall–Kier alpha value is -2.97. The van der Waals surface area contributed by atoms with Gasteiger partial charge in [0, 0.05) is 18.4 Å². The van der Waals surface area contributed by atoms with Crippen LogP contribution in [0, 0.1) is 5.95 Å². The SMILES string of the molecule is CCN(c1ccccc1)S(=O)(=O)c1cc(NC(=O)c2ccc(F)nc2)ccc1Cl. The second kappa shape index (κ2) is 8.59. The van der Waals surface area contributed by atoms with E-state index in [0.717, 1.165) is 12.3 Å². The summed E-state index contributed by atoms with van der Waals surface area (Å²) in [5, 5.41) is 2.60. The lowest BCUT2D eigenvalue weighted by Gasteiger charge is -2.23. The maximum Gasteiger partial charge on any atom is 0.265 e. The number of benzene rings is 2. The molecule has 3 rings (SSSR count). The van der Waals surface area contributed by atoms with Crippen molar-refractivity contribution in [3.05, 3.63) is 83.4 Å². The third kappa shape index (κ3) is 4.55. The molecule has 1 heterocycles. The van der Waals surface area contributed by atoms with Gasteiger partial charge >= 0.3 is 0 Å². The van der Waals surface area contributed by atoms with Crippen molar-refractivity contribution < 1.29 is 17.6 Å². The molecule has 0 spiro atoms. The highest BCUT2D eigenvalue weighted by Crippen LogP contribution is 2.30. The van der Waals surface area contributed by atoms with Crippen LogP contribution in [0.2, 0.25) is 5.02 Å². The van der Waals surface area contributed by atoms with Crippen molar-refractivity contribution in [1.82, 2.24) is 4.98 Å². The molecule has 3 aromatic rings. The fourth-order valence-electron chi connectivity index (χ4n) is 2.70. The molecule has 0 bridgehead atoms. The van der Waals surface area contributed by atoms with Crippen LogP contribution in [0.5, 0.6) is 0 Å². The van der Waals surface area contributed by atoms with E-state index in [0.29, 0.717) is 5.69 Å². The second-order valence-electron chi connectivity index (χ2n) is 5.97. The molecule has 2 aromatic carbocycles. The van der Waals surface area contributed by atoms with Gasteiger partial charge in [0.1, 0.15) is 4.90 Å². The summed E-state index contributed by atoms with van der Waals surface area (Å²) in [5.74, 6) is -1.26. The predicted molar refractivity (Wildman–Crippen MR) is 110 cm³/mol. The van der Waals surface area contributed by atoms with E-state index in [-0.39, 0.29) is 27.7 Å². The molecule has 0 saturated heterocycles. The van der Waals surface area contributed by atoms with Crippen molar-refractivity contribution in [1.29, 1.82) is 0 Å². The molecule has 0 atom stereocenters. The lowest BCUT2D eigenvalue weighted by atomic mass is 10.2. The average Bonchev–Trinajstić information content (AvgIpc) is 2.71. The highest BCUT2D eigenvalue weighted by Gasteiger charge is 2.26. The number of hydrogen-bond acceptors (Lipinski definition) is 4. The quantitative estimate of drug-likeness (QED) is 0.586. The molecule has 6 nitrogen and oxygen atoms in total. The van der Waals surface area contributed by atoms with Gasteiger partial charge in [-0.3, -0.25) is 9.10 Å². The molecular weight excluding hydrogens is 417 g/mol. The number of amides is 1. The van der Waals surface area contributed by atoms with Gasteiger partial charge in [0.2, 0.25) is 5.95 Å². The Morgan fingerprint density at radius 1 is 1.14 bits per heavy atom. The van der Waals surface area contributed by atoms with E-state index < -0.39 is 21.9 Å². The van der Waals surface area contributed by atoms with Crippen molar-refractivity contribution in [3.63, 3.8) is 0 Å². The number of hydrogen-bond donors (Lipinski definition) is 1. The minimum Gasteiger partial charge on any atom is -0.322 e. The maximum absolute atomic E-state index is 13.2. The molecule has 9 heteroatoms. The number of nitrogens with zero attached hydrogens (tertiary/aromatic N) is 2. The van der Waals surface area contributed by atoms with Crippen molar-refractivity contribution in [2.75, 3.05) is 16.2 Å². The maximum atomic E-state index is 13.2. The standard InChI is InChI=1S/C20H17ClFN3O3S/c1-2-25(16-6-4-3-5-7-16)29(27,28)18-12-15(9-10-17(18)21)24-20(26)14-8-11-19(22)23-13-14/h3-13H,2H2,1H3,(H,24,26). The zero-order valence-electron chi connectivity index (χ0n) is 15.3. The first-order valence-corrected chi connectivity index (χ1v) is 10.4. The van der Waals surface area contributed by atoms with Crippen LogP contribution >= 0.6 is 11.6 Å². The van der Waals surface area contributed by atoms with Crippen molar-refractivity contribution >= 4 is 38.9 Å². The molecule has 0 radical (unpaired) electrons. The average molecular weight is 434 g/mol. The number of nitrogens with one attached hydrogen (secondary N) is 1. The number of carbonyl (C=O) groups excluding carboxylic acids is 1. The van der Waals surface area contributed by atoms with Crippen molar-refractivity contribution in [2.24, 2.45) is 0 Å². The lowest BCUT2D eigenvalue weighted by Crippen LogP contribution is -2.31. The first kappa shape index (κ1) is 20.8. The molecule has 1 amide bonds. The molecule has 0 aliphatic heterocycles. The van der Waals surface area contributed by atoms with Gasteiger partial charge < -0.3 is 5.32 Å². The molecule has 1 aromatic heterocycles. The normalized spacial score (nSPS) is 11.1. The van der Waals surface area contributed by atoms with Crippen LogP contribution in [0.25, 0.3) is 0 Å². The van der Waals surface area contributed by atoms with Gasteiger partial charge in [-0.15, -0.1) is 0 Å². The first-order chi connectivity index (χ1) is 13.8. The van der Waals surface area contributed by atoms with Crippen LogP contribution in [0.15, 0.2) is 71.8 Å². The molecule has 150 valence electrons. The van der Waals surface area contributed by atoms with Gasteiger partial charge in [-0.05, 0) is 49.4 Å². The van der Waals surface area contributed by atoms with Crippen LogP contribution in [-0.4, -0.2) is 25.9 Å². The lowest BCUT2D eigenvalue weighted by molar-refractivity contribution is 0.102. The molecule has 29 heavy (non-hydrogen) atoms. The molecule has 0 unspecified atom stereocenters. The Kier molecular flexibility index (Phi) is 6.14. The monoisotopic (exact) mass is 433 g/mol. The highest BCUT2D eigenvalue weighted by atomic mass is 35.5. The predicted octanol–water partition coefficient (Wildman–Crippen LogP) is 4.34. The van der Waals surface area contributed by atoms with E-state index in [1.807, 2.05) is 0 Å². The van der Waals surface area contributed by atoms with Crippen LogP contribution in [-0.2, 0) is 10.0 Å². The van der Waals surface area contributed by atoms with Gasteiger partial charge in [-0.25, -0.2) is 13.4 Å². The van der Waals surface area contributed by atoms with Gasteiger partial charge in [0.05, 0.1) is 16.3 Å². The number of pyridine rings is 1. The zero-order chi connectivity index (χ0) is 21.0. The smallest absolute Gasteiger partial charge is 0.265 e. The molecule has 0 aliphatic carbocycles. The van der Waals surface area contributed by atoms with E-state index >= 15 is 0 Å². The number of para-hydroxylation sites is 1. The third-order valence-corrected chi connectivity index (χ3v) is 6.46. The fourth-order valence-corrected chi connectivity index (χ4v) is 4.67. The minimum absolute atomic E-state index is 0.0285. The molecule has 0 fully saturated rings. The Morgan fingerprint density at radius 2 is 1.86 bits per heavy atom. The highest BCUT2D eigenvalue weighted by molar-refractivity contribution is 7.93. The second-order valence-corrected chi connectivity index (χ2v) is 8.21. The van der Waals surface area contributed by atoms with Gasteiger partial charge in [-0.1, -0.05) is 29.8 Å². The Labute approximate surface area is 173 Å². The van der Waals surface area contributed by atoms with E-state index in [1.165, 1.54) is 28.6 Å². The number of carbonyl (C=O) groups is 1. The summed E-state index contributed by atoms with van der Waals surface area (Å²) in [6, 6.07) is 15.1. The van der Waals surface area contributed by atoms with Crippen LogP contribution in [0.3, 0.4) is 0 Å². The number of anilines is 2. The van der Waals surface area contributed by atoms with E-state index in [1.54, 1.807) is 37.3 Å². The first-order valence-electron chi connectivity index (χ1n) is 8.63. The summed E-state index contributed by atoms with van der Waals surface area (Å²) in [6.45, 7) is 1.91. The number of rotatable bonds is 6. The molecule has 0 aliphatic rings. The topological polar surface area (TPSA) is 79.4 Å². The van der Waals surface area contributed by atoms with Crippen molar-refractivity contribution in [2.45, 2.75) is 11.8 Å². The summed E-state index contributed by atoms with van der Waals surface area (Å²) < 4.78 is 40.6. The molecule has 1 N–H and O–H groups in total. The number of aromatic nitrogens is 1. The summed E-state index contributed by atoms with van der Waals surface area (Å²) in [4.78, 5) is 15.6. The van der Waals surface area contributed by atoms with E-state index in [4.69, 9.17) is 11.6 Å². The van der Waals surface area contributed by atoms with Gasteiger partial charge in [0.15, 0.2) is 0 Å². The summed E-state index contributed by atoms with van der Waals surface area (Å²) >= 11 is 6.17. The minimum atomic E-state index is -3.98. The van der Waals surface area contributed by atoms with Crippen molar-refractivity contribution in [3.8, 4) is 0 Å². The summed E-state index contributed by atoms with van der Waals surface area (Å²) in [5.41, 5.74) is 0.856. The van der Waals surface area contributed by atoms with Crippen LogP contribution in [0.1, 0.15) is 17.3 Å². The Balaban J connectivity index is 1.94. The van der Waals surface area contributed by atoms with E-state index in [9.17, 15) is 17.6 Å². The Morgan fingerprint density at radius 3 is 2.48 bits per heavy atom. The number of sulfonamides is 1. The fraction of sp³-hybridized carbons (Fsp3) is 0.100. The Bertz CT molecular complexity index is 1120. The summed E-state index contributed by atoms with van der Waals surface area (Å²) in [6.07, 6.45) is 1.09.